The van der Waals surface area contributed by atoms with Crippen molar-refractivity contribution in [3.8, 4) is 0 Å². The van der Waals surface area contributed by atoms with E-state index in [2.05, 4.69) is 35.4 Å². The van der Waals surface area contributed by atoms with Gasteiger partial charge in [-0.1, -0.05) is 20.3 Å². The number of nitrogens with zero attached hydrogens (tertiary/aromatic N) is 2. The van der Waals surface area contributed by atoms with Crippen LogP contribution in [-0.4, -0.2) is 58.6 Å². The Bertz CT molecular complexity index is 296. The van der Waals surface area contributed by atoms with Crippen molar-refractivity contribution in [2.75, 3.05) is 25.4 Å². The van der Waals surface area contributed by atoms with Crippen LogP contribution in [0.5, 0.6) is 0 Å². The van der Waals surface area contributed by atoms with E-state index in [9.17, 15) is 0 Å². The molecule has 4 unspecified atom stereocenters. The van der Waals surface area contributed by atoms with E-state index in [1.807, 2.05) is 0 Å². The summed E-state index contributed by atoms with van der Waals surface area (Å²) in [5.41, 5.74) is 0. The first-order valence-corrected chi connectivity index (χ1v) is 9.49. The maximum atomic E-state index is 2.94. The fourth-order valence-electron chi connectivity index (χ4n) is 4.57. The molecule has 0 amide bonds. The second kappa shape index (κ2) is 6.36. The van der Waals surface area contributed by atoms with E-state index in [-0.39, 0.29) is 0 Å². The lowest BCUT2D eigenvalue weighted by molar-refractivity contribution is 0.0215. The molecule has 0 bridgehead atoms. The van der Waals surface area contributed by atoms with Crippen LogP contribution in [0.15, 0.2) is 0 Å². The van der Waals surface area contributed by atoms with E-state index in [4.69, 9.17) is 0 Å². The highest BCUT2D eigenvalue weighted by Gasteiger charge is 2.41. The third kappa shape index (κ3) is 2.84. The zero-order valence-corrected chi connectivity index (χ0v) is 13.5. The summed E-state index contributed by atoms with van der Waals surface area (Å²) in [7, 11) is 0. The van der Waals surface area contributed by atoms with Gasteiger partial charge in [0.1, 0.15) is 0 Å². The fraction of sp³-hybridized carbons (Fsp3) is 1.00. The van der Waals surface area contributed by atoms with Gasteiger partial charge in [-0.05, 0) is 44.4 Å². The topological polar surface area (TPSA) is 6.48 Å². The second-order valence-electron chi connectivity index (χ2n) is 6.54. The summed E-state index contributed by atoms with van der Waals surface area (Å²) >= 11 is 2.22. The van der Waals surface area contributed by atoms with Crippen LogP contribution >= 0.6 is 11.8 Å². The first-order valence-electron chi connectivity index (χ1n) is 8.44. The largest absolute Gasteiger partial charge is 0.298 e. The molecule has 0 radical (unpaired) electrons. The van der Waals surface area contributed by atoms with Crippen LogP contribution in [0, 0.1) is 0 Å². The minimum atomic E-state index is 0.831. The van der Waals surface area contributed by atoms with E-state index in [1.54, 1.807) is 0 Å². The Balaban J connectivity index is 1.70. The molecule has 2 nitrogen and oxygen atoms in total. The van der Waals surface area contributed by atoms with Crippen molar-refractivity contribution in [3.05, 3.63) is 0 Å². The number of rotatable bonds is 4. The summed E-state index contributed by atoms with van der Waals surface area (Å²) in [6.07, 6.45) is 8.61. The van der Waals surface area contributed by atoms with Crippen LogP contribution in [0.3, 0.4) is 0 Å². The normalized spacial score (nSPS) is 40.7. The van der Waals surface area contributed by atoms with Gasteiger partial charge in [0.05, 0.1) is 0 Å². The molecule has 3 aliphatic rings. The minimum absolute atomic E-state index is 0.831. The summed E-state index contributed by atoms with van der Waals surface area (Å²) in [6, 6.07) is 2.60. The average molecular weight is 282 g/mol. The maximum Gasteiger partial charge on any atom is 0.0224 e. The number of fused-ring (bicyclic) bond motifs is 1. The Morgan fingerprint density at radius 3 is 2.74 bits per heavy atom. The molecule has 110 valence electrons. The highest BCUT2D eigenvalue weighted by atomic mass is 32.2. The van der Waals surface area contributed by atoms with Gasteiger partial charge in [0.15, 0.2) is 0 Å². The van der Waals surface area contributed by atoms with Crippen LogP contribution in [0.1, 0.15) is 52.4 Å². The third-order valence-corrected chi connectivity index (χ3v) is 6.84. The molecule has 4 atom stereocenters. The van der Waals surface area contributed by atoms with Crippen LogP contribution in [-0.2, 0) is 0 Å². The van der Waals surface area contributed by atoms with Gasteiger partial charge in [0, 0.05) is 36.5 Å². The van der Waals surface area contributed by atoms with Crippen molar-refractivity contribution in [2.45, 2.75) is 75.7 Å². The molecule has 19 heavy (non-hydrogen) atoms. The van der Waals surface area contributed by atoms with Crippen LogP contribution in [0.2, 0.25) is 0 Å². The molecule has 0 N–H and O–H groups in total. The molecule has 2 saturated heterocycles. The standard InChI is InChI=1S/C16H30N2S/c1-3-13-11-17-10-6-7-14(17)12-18(13)15-8-5-9-16(15)19-4-2/h13-16H,3-12H2,1-2H3. The molecular formula is C16H30N2S. The summed E-state index contributed by atoms with van der Waals surface area (Å²) in [5, 5.41) is 0.923. The molecule has 1 saturated carbocycles. The first-order chi connectivity index (χ1) is 9.33. The molecule has 2 heterocycles. The average Bonchev–Trinajstić information content (AvgIpc) is 3.05. The van der Waals surface area contributed by atoms with Crippen molar-refractivity contribution < 1.29 is 0 Å². The van der Waals surface area contributed by atoms with Gasteiger partial charge < -0.3 is 0 Å². The molecule has 0 aromatic carbocycles. The summed E-state index contributed by atoms with van der Waals surface area (Å²) in [5.74, 6) is 1.29. The molecule has 3 heteroatoms. The van der Waals surface area contributed by atoms with Crippen molar-refractivity contribution in [1.82, 2.24) is 9.80 Å². The Hall–Kier alpha value is 0.270. The van der Waals surface area contributed by atoms with Crippen LogP contribution in [0.4, 0.5) is 0 Å². The highest BCUT2D eigenvalue weighted by molar-refractivity contribution is 7.99. The lowest BCUT2D eigenvalue weighted by Crippen LogP contribution is -2.59. The smallest absolute Gasteiger partial charge is 0.0224 e. The van der Waals surface area contributed by atoms with E-state index in [0.29, 0.717) is 0 Å². The molecular weight excluding hydrogens is 252 g/mol. The van der Waals surface area contributed by atoms with Gasteiger partial charge in [-0.25, -0.2) is 0 Å². The number of piperazine rings is 1. The van der Waals surface area contributed by atoms with Crippen molar-refractivity contribution >= 4 is 11.8 Å². The lowest BCUT2D eigenvalue weighted by atomic mass is 10.0. The fourth-order valence-corrected chi connectivity index (χ4v) is 5.85. The Kier molecular flexibility index (Phi) is 4.76. The Morgan fingerprint density at radius 2 is 1.95 bits per heavy atom. The zero-order chi connectivity index (χ0) is 13.2. The maximum absolute atomic E-state index is 2.94. The Morgan fingerprint density at radius 1 is 1.05 bits per heavy atom. The van der Waals surface area contributed by atoms with Gasteiger partial charge in [0.25, 0.3) is 0 Å². The molecule has 3 rings (SSSR count). The molecule has 1 aliphatic carbocycles. The van der Waals surface area contributed by atoms with Crippen LogP contribution < -0.4 is 0 Å². The number of hydrogen-bond donors (Lipinski definition) is 0. The van der Waals surface area contributed by atoms with Gasteiger partial charge in [-0.15, -0.1) is 0 Å². The highest BCUT2D eigenvalue weighted by Crippen LogP contribution is 2.37. The first kappa shape index (κ1) is 14.2. The van der Waals surface area contributed by atoms with E-state index >= 15 is 0 Å². The van der Waals surface area contributed by atoms with E-state index in [1.165, 1.54) is 63.9 Å². The molecule has 0 aromatic rings. The predicted octanol–water partition coefficient (Wildman–Crippen LogP) is 3.22. The van der Waals surface area contributed by atoms with Crippen LogP contribution in [0.25, 0.3) is 0 Å². The predicted molar refractivity (Wildman–Crippen MR) is 84.9 cm³/mol. The molecule has 0 spiro atoms. The van der Waals surface area contributed by atoms with Gasteiger partial charge >= 0.3 is 0 Å². The third-order valence-electron chi connectivity index (χ3n) is 5.53. The van der Waals surface area contributed by atoms with Crippen molar-refractivity contribution in [1.29, 1.82) is 0 Å². The molecule has 3 fully saturated rings. The number of thioether (sulfide) groups is 1. The summed E-state index contributed by atoms with van der Waals surface area (Å²) in [6.45, 7) is 8.80. The monoisotopic (exact) mass is 282 g/mol. The van der Waals surface area contributed by atoms with Gasteiger partial charge in [0.2, 0.25) is 0 Å². The number of hydrogen-bond acceptors (Lipinski definition) is 3. The Labute approximate surface area is 123 Å². The van der Waals surface area contributed by atoms with E-state index < -0.39 is 0 Å². The van der Waals surface area contributed by atoms with Crippen molar-refractivity contribution in [3.63, 3.8) is 0 Å². The van der Waals surface area contributed by atoms with Gasteiger partial charge in [-0.2, -0.15) is 11.8 Å². The van der Waals surface area contributed by atoms with E-state index in [0.717, 1.165) is 23.4 Å². The summed E-state index contributed by atoms with van der Waals surface area (Å²) < 4.78 is 0. The lowest BCUT2D eigenvalue weighted by Gasteiger charge is -2.47. The minimum Gasteiger partial charge on any atom is -0.298 e. The van der Waals surface area contributed by atoms with Crippen molar-refractivity contribution in [2.24, 2.45) is 0 Å². The van der Waals surface area contributed by atoms with Gasteiger partial charge in [-0.3, -0.25) is 9.80 Å². The summed E-state index contributed by atoms with van der Waals surface area (Å²) in [4.78, 5) is 5.72. The quantitative estimate of drug-likeness (QED) is 0.782. The SMILES string of the molecule is CCSC1CCCC1N1CC2CCCN2CC1CC. The molecule has 0 aromatic heterocycles. The zero-order valence-electron chi connectivity index (χ0n) is 12.7. The second-order valence-corrected chi connectivity index (χ2v) is 8.06. The molecule has 2 aliphatic heterocycles.